The third-order valence-corrected chi connectivity index (χ3v) is 3.43. The number of nitrogen functional groups attached to an aromatic ring is 1. The summed E-state index contributed by atoms with van der Waals surface area (Å²) in [6, 6.07) is 1.80. The van der Waals surface area contributed by atoms with Gasteiger partial charge < -0.3 is 15.5 Å². The largest absolute Gasteiger partial charge is 0.377 e. The van der Waals surface area contributed by atoms with Crippen LogP contribution in [0.5, 0.6) is 0 Å². The molecule has 6 nitrogen and oxygen atoms in total. The molecule has 0 unspecified atom stereocenters. The molecular formula is C14H27N5O. The molecule has 1 heterocycles. The summed E-state index contributed by atoms with van der Waals surface area (Å²) in [7, 11) is 1.62. The van der Waals surface area contributed by atoms with Gasteiger partial charge >= 0.3 is 0 Å². The van der Waals surface area contributed by atoms with Crippen LogP contribution in [0.3, 0.4) is 0 Å². The van der Waals surface area contributed by atoms with Gasteiger partial charge in [0.25, 0.3) is 0 Å². The Balaban J connectivity index is 2.77. The number of hydrogen-bond donors (Lipinski definition) is 3. The summed E-state index contributed by atoms with van der Waals surface area (Å²) in [6.07, 6.45) is 0. The molecule has 0 amide bonds. The Morgan fingerprint density at radius 2 is 1.75 bits per heavy atom. The van der Waals surface area contributed by atoms with E-state index in [2.05, 4.69) is 48.4 Å². The standard InChI is InChI=1S/C14H27N5O/c1-9(2)11(10(3)4)7-16-12-6-13(19-15)18-14(17-12)8-20-5/h6,9-11H,7-8,15H2,1-5H3,(H2,16,17,18,19). The van der Waals surface area contributed by atoms with Crippen LogP contribution >= 0.6 is 0 Å². The fraction of sp³-hybridized carbons (Fsp3) is 0.714. The van der Waals surface area contributed by atoms with Crippen LogP contribution in [0.4, 0.5) is 11.6 Å². The van der Waals surface area contributed by atoms with Crippen molar-refractivity contribution in [1.29, 1.82) is 0 Å². The van der Waals surface area contributed by atoms with E-state index in [1.807, 2.05) is 0 Å². The monoisotopic (exact) mass is 281 g/mol. The van der Waals surface area contributed by atoms with Gasteiger partial charge in [-0.3, -0.25) is 0 Å². The van der Waals surface area contributed by atoms with Crippen LogP contribution in [0.15, 0.2) is 6.07 Å². The highest BCUT2D eigenvalue weighted by Gasteiger charge is 2.17. The summed E-state index contributed by atoms with van der Waals surface area (Å²) in [6.45, 7) is 10.2. The lowest BCUT2D eigenvalue weighted by Gasteiger charge is -2.25. The maximum absolute atomic E-state index is 5.43. The van der Waals surface area contributed by atoms with Crippen molar-refractivity contribution in [3.63, 3.8) is 0 Å². The zero-order chi connectivity index (χ0) is 15.1. The molecule has 0 fully saturated rings. The van der Waals surface area contributed by atoms with Crippen LogP contribution < -0.4 is 16.6 Å². The third-order valence-electron chi connectivity index (χ3n) is 3.43. The second-order valence-electron chi connectivity index (χ2n) is 5.66. The van der Waals surface area contributed by atoms with Crippen molar-refractivity contribution in [3.8, 4) is 0 Å². The van der Waals surface area contributed by atoms with E-state index in [0.29, 0.717) is 36.0 Å². The Morgan fingerprint density at radius 1 is 1.15 bits per heavy atom. The molecule has 0 aliphatic rings. The van der Waals surface area contributed by atoms with E-state index in [9.17, 15) is 0 Å². The molecule has 0 saturated carbocycles. The fourth-order valence-corrected chi connectivity index (χ4v) is 2.32. The summed E-state index contributed by atoms with van der Waals surface area (Å²) in [5.74, 6) is 9.22. The van der Waals surface area contributed by atoms with Gasteiger partial charge in [-0.05, 0) is 17.8 Å². The number of aromatic nitrogens is 2. The second-order valence-corrected chi connectivity index (χ2v) is 5.66. The van der Waals surface area contributed by atoms with Crippen molar-refractivity contribution >= 4 is 11.6 Å². The van der Waals surface area contributed by atoms with Gasteiger partial charge in [-0.1, -0.05) is 27.7 Å². The zero-order valence-electron chi connectivity index (χ0n) is 13.1. The molecule has 1 aromatic rings. The minimum absolute atomic E-state index is 0.363. The topological polar surface area (TPSA) is 85.1 Å². The molecule has 0 radical (unpaired) electrons. The molecule has 0 aliphatic heterocycles. The maximum atomic E-state index is 5.43. The van der Waals surface area contributed by atoms with Crippen LogP contribution in [-0.2, 0) is 11.3 Å². The summed E-state index contributed by atoms with van der Waals surface area (Å²) in [4.78, 5) is 8.65. The first-order valence-corrected chi connectivity index (χ1v) is 7.05. The molecule has 4 N–H and O–H groups in total. The normalized spacial score (nSPS) is 11.4. The Morgan fingerprint density at radius 3 is 2.25 bits per heavy atom. The number of nitrogens with zero attached hydrogens (tertiary/aromatic N) is 2. The number of anilines is 2. The summed E-state index contributed by atoms with van der Waals surface area (Å²) in [5, 5.41) is 3.38. The first-order valence-electron chi connectivity index (χ1n) is 7.05. The number of ether oxygens (including phenoxy) is 1. The van der Waals surface area contributed by atoms with Gasteiger partial charge in [0, 0.05) is 19.7 Å². The van der Waals surface area contributed by atoms with Gasteiger partial charge in [-0.25, -0.2) is 15.8 Å². The number of methoxy groups -OCH3 is 1. The van der Waals surface area contributed by atoms with Crippen molar-refractivity contribution in [3.05, 3.63) is 11.9 Å². The Kier molecular flexibility index (Phi) is 6.67. The molecule has 0 aromatic carbocycles. The molecule has 1 aromatic heterocycles. The number of hydrogen-bond acceptors (Lipinski definition) is 6. The number of rotatable bonds is 8. The predicted octanol–water partition coefficient (Wildman–Crippen LogP) is 2.25. The van der Waals surface area contributed by atoms with Gasteiger partial charge in [-0.2, -0.15) is 0 Å². The van der Waals surface area contributed by atoms with E-state index in [4.69, 9.17) is 10.6 Å². The molecule has 114 valence electrons. The van der Waals surface area contributed by atoms with E-state index < -0.39 is 0 Å². The highest BCUT2D eigenvalue weighted by atomic mass is 16.5. The van der Waals surface area contributed by atoms with E-state index in [0.717, 1.165) is 12.4 Å². The quantitative estimate of drug-likeness (QED) is 0.500. The Hall–Kier alpha value is -1.40. The number of hydrazine groups is 1. The Bertz CT molecular complexity index is 401. The molecule has 0 saturated heterocycles. The average Bonchev–Trinajstić information content (AvgIpc) is 2.38. The molecule has 20 heavy (non-hydrogen) atoms. The average molecular weight is 281 g/mol. The van der Waals surface area contributed by atoms with Gasteiger partial charge in [0.15, 0.2) is 5.82 Å². The van der Waals surface area contributed by atoms with Crippen molar-refractivity contribution in [1.82, 2.24) is 9.97 Å². The first kappa shape index (κ1) is 16.7. The molecular weight excluding hydrogens is 254 g/mol. The third kappa shape index (κ3) is 4.94. The number of nitrogens with one attached hydrogen (secondary N) is 2. The van der Waals surface area contributed by atoms with Crippen LogP contribution in [0.25, 0.3) is 0 Å². The van der Waals surface area contributed by atoms with E-state index in [-0.39, 0.29) is 0 Å². The highest BCUT2D eigenvalue weighted by molar-refractivity contribution is 5.46. The predicted molar refractivity (Wildman–Crippen MR) is 82.2 cm³/mol. The molecule has 0 atom stereocenters. The lowest BCUT2D eigenvalue weighted by molar-refractivity contribution is 0.178. The zero-order valence-corrected chi connectivity index (χ0v) is 13.1. The first-order chi connectivity index (χ1) is 9.47. The van der Waals surface area contributed by atoms with Crippen molar-refractivity contribution in [2.24, 2.45) is 23.6 Å². The maximum Gasteiger partial charge on any atom is 0.158 e. The van der Waals surface area contributed by atoms with Gasteiger partial charge in [0.05, 0.1) is 0 Å². The van der Waals surface area contributed by atoms with Crippen LogP contribution in [0.2, 0.25) is 0 Å². The lowest BCUT2D eigenvalue weighted by atomic mass is 9.85. The summed E-state index contributed by atoms with van der Waals surface area (Å²) < 4.78 is 5.06. The second kappa shape index (κ2) is 8.01. The lowest BCUT2D eigenvalue weighted by Crippen LogP contribution is -2.25. The van der Waals surface area contributed by atoms with E-state index in [1.165, 1.54) is 0 Å². The van der Waals surface area contributed by atoms with Gasteiger partial charge in [0.2, 0.25) is 0 Å². The fourth-order valence-electron chi connectivity index (χ4n) is 2.32. The van der Waals surface area contributed by atoms with Gasteiger partial charge in [-0.15, -0.1) is 0 Å². The van der Waals surface area contributed by atoms with Gasteiger partial charge in [0.1, 0.15) is 18.2 Å². The van der Waals surface area contributed by atoms with Crippen molar-refractivity contribution in [2.75, 3.05) is 24.4 Å². The molecule has 0 spiro atoms. The smallest absolute Gasteiger partial charge is 0.158 e. The van der Waals surface area contributed by atoms with Crippen LogP contribution in [-0.4, -0.2) is 23.6 Å². The molecule has 0 bridgehead atoms. The minimum Gasteiger partial charge on any atom is -0.377 e. The molecule has 6 heteroatoms. The summed E-state index contributed by atoms with van der Waals surface area (Å²) >= 11 is 0. The molecule has 1 rings (SSSR count). The minimum atomic E-state index is 0.363. The van der Waals surface area contributed by atoms with Crippen LogP contribution in [0, 0.1) is 17.8 Å². The van der Waals surface area contributed by atoms with Crippen molar-refractivity contribution in [2.45, 2.75) is 34.3 Å². The summed E-state index contributed by atoms with van der Waals surface area (Å²) in [5.41, 5.74) is 2.55. The van der Waals surface area contributed by atoms with E-state index >= 15 is 0 Å². The SMILES string of the molecule is COCc1nc(NN)cc(NCC(C(C)C)C(C)C)n1. The van der Waals surface area contributed by atoms with Crippen LogP contribution in [0.1, 0.15) is 33.5 Å². The van der Waals surface area contributed by atoms with Crippen molar-refractivity contribution < 1.29 is 4.74 Å². The number of nitrogens with two attached hydrogens (primary N) is 1. The Labute approximate surface area is 121 Å². The molecule has 0 aliphatic carbocycles. The van der Waals surface area contributed by atoms with E-state index in [1.54, 1.807) is 13.2 Å². The highest BCUT2D eigenvalue weighted by Crippen LogP contribution is 2.21.